The number of hydrogen-bond acceptors (Lipinski definition) is 1. The second kappa shape index (κ2) is 4.09. The molecule has 1 nitrogen and oxygen atoms in total. The average molecular weight is 205 g/mol. The normalized spacial score (nSPS) is 15.9. The van der Waals surface area contributed by atoms with Crippen molar-refractivity contribution in [3.8, 4) is 0 Å². The summed E-state index contributed by atoms with van der Waals surface area (Å²) in [4.78, 5) is 3.25. The van der Waals surface area contributed by atoms with Crippen molar-refractivity contribution in [1.29, 1.82) is 0 Å². The lowest BCUT2D eigenvalue weighted by Gasteiger charge is -2.23. The van der Waals surface area contributed by atoms with Crippen LogP contribution in [0, 0.1) is 0 Å². The van der Waals surface area contributed by atoms with Crippen molar-refractivity contribution in [2.75, 3.05) is 11.4 Å². The molecular weight excluding hydrogens is 190 g/mol. The molecule has 0 spiro atoms. The molecule has 0 fully saturated rings. The van der Waals surface area contributed by atoms with Gasteiger partial charge >= 0.3 is 0 Å². The van der Waals surface area contributed by atoms with Gasteiger partial charge < -0.3 is 4.90 Å². The van der Waals surface area contributed by atoms with E-state index in [9.17, 15) is 0 Å². The molecule has 1 aromatic carbocycles. The molecule has 0 N–H and O–H groups in total. The van der Waals surface area contributed by atoms with E-state index in [-0.39, 0.29) is 0 Å². The summed E-state index contributed by atoms with van der Waals surface area (Å²) in [5, 5.41) is 0. The maximum absolute atomic E-state index is 5.28. The van der Waals surface area contributed by atoms with Crippen molar-refractivity contribution in [3.63, 3.8) is 0 Å². The predicted molar refractivity (Wildman–Crippen MR) is 65.0 cm³/mol. The first-order valence-electron chi connectivity index (χ1n) is 5.15. The molecule has 2 rings (SSSR count). The minimum absolute atomic E-state index is 0.986. The van der Waals surface area contributed by atoms with Crippen LogP contribution in [0.2, 0.25) is 0 Å². The summed E-state index contributed by atoms with van der Waals surface area (Å²) >= 11 is 5.28. The number of fused-ring (bicyclic) bond motifs is 1. The van der Waals surface area contributed by atoms with Gasteiger partial charge in [0.05, 0.1) is 4.99 Å². The number of aryl methyl sites for hydroxylation is 1. The Hall–Kier alpha value is -0.890. The largest absolute Gasteiger partial charge is 0.336 e. The first kappa shape index (κ1) is 9.66. The maximum Gasteiger partial charge on any atom is 0.0792 e. The zero-order valence-corrected chi connectivity index (χ0v) is 9.31. The zero-order chi connectivity index (χ0) is 9.97. The van der Waals surface area contributed by atoms with Crippen LogP contribution in [0.25, 0.3) is 0 Å². The molecule has 0 amide bonds. The predicted octanol–water partition coefficient (Wildman–Crippen LogP) is 3.18. The van der Waals surface area contributed by atoms with E-state index in [1.54, 1.807) is 0 Å². The number of anilines is 1. The fraction of sp³-hybridized carbons (Fsp3) is 0.417. The van der Waals surface area contributed by atoms with E-state index in [4.69, 9.17) is 12.2 Å². The SMILES string of the molecule is CC(=S)N1CCCCc2ccccc21. The molecule has 1 heterocycles. The van der Waals surface area contributed by atoms with Gasteiger partial charge in [-0.15, -0.1) is 0 Å². The number of thiocarbonyl (C=S) groups is 1. The third kappa shape index (κ3) is 1.80. The Morgan fingerprint density at radius 3 is 2.86 bits per heavy atom. The van der Waals surface area contributed by atoms with Gasteiger partial charge in [0.2, 0.25) is 0 Å². The van der Waals surface area contributed by atoms with Gasteiger partial charge in [-0.05, 0) is 37.8 Å². The Morgan fingerprint density at radius 1 is 1.29 bits per heavy atom. The number of hydrogen-bond donors (Lipinski definition) is 0. The third-order valence-corrected chi connectivity index (χ3v) is 2.96. The molecular formula is C12H15NS. The van der Waals surface area contributed by atoms with Gasteiger partial charge in [-0.25, -0.2) is 0 Å². The van der Waals surface area contributed by atoms with Crippen molar-refractivity contribution >= 4 is 22.9 Å². The Labute approximate surface area is 90.7 Å². The second-order valence-corrected chi connectivity index (χ2v) is 4.35. The van der Waals surface area contributed by atoms with Crippen LogP contribution in [0.5, 0.6) is 0 Å². The summed E-state index contributed by atoms with van der Waals surface area (Å²) in [5.41, 5.74) is 2.76. The van der Waals surface area contributed by atoms with Crippen molar-refractivity contribution in [2.45, 2.75) is 26.2 Å². The number of para-hydroxylation sites is 1. The molecule has 0 unspecified atom stereocenters. The van der Waals surface area contributed by atoms with Gasteiger partial charge in [0.15, 0.2) is 0 Å². The van der Waals surface area contributed by atoms with Crippen LogP contribution in [0.15, 0.2) is 24.3 Å². The maximum atomic E-state index is 5.28. The molecule has 0 radical (unpaired) electrons. The van der Waals surface area contributed by atoms with E-state index in [1.165, 1.54) is 30.5 Å². The fourth-order valence-corrected chi connectivity index (χ4v) is 2.21. The van der Waals surface area contributed by atoms with Gasteiger partial charge in [-0.3, -0.25) is 0 Å². The van der Waals surface area contributed by atoms with Crippen molar-refractivity contribution < 1.29 is 0 Å². The molecule has 0 saturated heterocycles. The van der Waals surface area contributed by atoms with Crippen LogP contribution < -0.4 is 4.90 Å². The van der Waals surface area contributed by atoms with Crippen molar-refractivity contribution in [2.24, 2.45) is 0 Å². The lowest BCUT2D eigenvalue weighted by atomic mass is 10.1. The number of benzene rings is 1. The fourth-order valence-electron chi connectivity index (χ4n) is 2.02. The monoisotopic (exact) mass is 205 g/mol. The first-order valence-corrected chi connectivity index (χ1v) is 5.56. The molecule has 1 aliphatic rings. The molecule has 0 saturated carbocycles. The quantitative estimate of drug-likeness (QED) is 0.598. The van der Waals surface area contributed by atoms with Gasteiger partial charge in [0.1, 0.15) is 0 Å². The van der Waals surface area contributed by atoms with Gasteiger partial charge in [-0.2, -0.15) is 0 Å². The molecule has 0 aromatic heterocycles. The Balaban J connectivity index is 2.42. The minimum Gasteiger partial charge on any atom is -0.336 e. The molecule has 1 aliphatic heterocycles. The highest BCUT2D eigenvalue weighted by Gasteiger charge is 2.15. The summed E-state index contributed by atoms with van der Waals surface area (Å²) in [5.74, 6) is 0. The molecule has 2 heteroatoms. The Kier molecular flexibility index (Phi) is 2.82. The van der Waals surface area contributed by atoms with Crippen LogP contribution in [-0.2, 0) is 6.42 Å². The molecule has 0 aliphatic carbocycles. The third-order valence-electron chi connectivity index (χ3n) is 2.74. The van der Waals surface area contributed by atoms with E-state index >= 15 is 0 Å². The van der Waals surface area contributed by atoms with Crippen LogP contribution >= 0.6 is 12.2 Å². The zero-order valence-electron chi connectivity index (χ0n) is 8.49. The second-order valence-electron chi connectivity index (χ2n) is 3.76. The summed E-state index contributed by atoms with van der Waals surface area (Å²) in [7, 11) is 0. The summed E-state index contributed by atoms with van der Waals surface area (Å²) in [6, 6.07) is 8.60. The van der Waals surface area contributed by atoms with Crippen molar-refractivity contribution in [1.82, 2.24) is 0 Å². The molecule has 1 aromatic rings. The first-order chi connectivity index (χ1) is 6.79. The van der Waals surface area contributed by atoms with E-state index in [2.05, 4.69) is 29.2 Å². The van der Waals surface area contributed by atoms with E-state index in [1.807, 2.05) is 6.92 Å². The van der Waals surface area contributed by atoms with Gasteiger partial charge in [0, 0.05) is 12.2 Å². The highest BCUT2D eigenvalue weighted by Crippen LogP contribution is 2.26. The van der Waals surface area contributed by atoms with Crippen LogP contribution in [0.3, 0.4) is 0 Å². The average Bonchev–Trinajstić information content (AvgIpc) is 2.39. The Bertz CT molecular complexity index is 346. The number of rotatable bonds is 0. The minimum atomic E-state index is 0.986. The van der Waals surface area contributed by atoms with E-state index < -0.39 is 0 Å². The Morgan fingerprint density at radius 2 is 2.07 bits per heavy atom. The smallest absolute Gasteiger partial charge is 0.0792 e. The highest BCUT2D eigenvalue weighted by atomic mass is 32.1. The summed E-state index contributed by atoms with van der Waals surface area (Å²) < 4.78 is 0. The lowest BCUT2D eigenvalue weighted by Crippen LogP contribution is -2.27. The van der Waals surface area contributed by atoms with Gasteiger partial charge in [0.25, 0.3) is 0 Å². The van der Waals surface area contributed by atoms with E-state index in [0.29, 0.717) is 0 Å². The van der Waals surface area contributed by atoms with Crippen molar-refractivity contribution in [3.05, 3.63) is 29.8 Å². The summed E-state index contributed by atoms with van der Waals surface area (Å²) in [6.45, 7) is 3.09. The van der Waals surface area contributed by atoms with Crippen LogP contribution in [-0.4, -0.2) is 11.5 Å². The highest BCUT2D eigenvalue weighted by molar-refractivity contribution is 7.80. The summed E-state index contributed by atoms with van der Waals surface area (Å²) in [6.07, 6.45) is 3.70. The topological polar surface area (TPSA) is 3.24 Å². The molecule has 0 atom stereocenters. The van der Waals surface area contributed by atoms with E-state index in [0.717, 1.165) is 11.5 Å². The molecule has 14 heavy (non-hydrogen) atoms. The van der Waals surface area contributed by atoms with Crippen LogP contribution in [0.4, 0.5) is 5.69 Å². The van der Waals surface area contributed by atoms with Crippen LogP contribution in [0.1, 0.15) is 25.3 Å². The lowest BCUT2D eigenvalue weighted by molar-refractivity contribution is 0.767. The standard InChI is InChI=1S/C12H15NS/c1-10(14)13-9-5-4-7-11-6-2-3-8-12(11)13/h2-3,6,8H,4-5,7,9H2,1H3. The number of nitrogens with zero attached hydrogens (tertiary/aromatic N) is 1. The molecule has 0 bridgehead atoms. The molecule has 74 valence electrons. The van der Waals surface area contributed by atoms with Gasteiger partial charge in [-0.1, -0.05) is 30.4 Å².